The molecule has 8 nitrogen and oxygen atoms in total. The Labute approximate surface area is 216 Å². The molecule has 0 aromatic carbocycles. The van der Waals surface area contributed by atoms with Gasteiger partial charge in [-0.3, -0.25) is 5.10 Å². The van der Waals surface area contributed by atoms with E-state index in [1.54, 1.807) is 6.33 Å². The molecule has 2 saturated heterocycles. The van der Waals surface area contributed by atoms with E-state index >= 15 is 0 Å². The second-order valence-corrected chi connectivity index (χ2v) is 11.6. The van der Waals surface area contributed by atoms with Crippen molar-refractivity contribution in [2.75, 3.05) is 26.3 Å². The first-order chi connectivity index (χ1) is 17.5. The summed E-state index contributed by atoms with van der Waals surface area (Å²) in [7, 11) is 0. The quantitative estimate of drug-likeness (QED) is 0.394. The number of H-pyrrole nitrogens is 1. The molecular weight excluding hydrogens is 470 g/mol. The molecule has 190 valence electrons. The van der Waals surface area contributed by atoms with Gasteiger partial charge in [0.1, 0.15) is 11.3 Å². The van der Waals surface area contributed by atoms with Crippen molar-refractivity contribution >= 4 is 17.0 Å². The maximum absolute atomic E-state index is 5.56. The van der Waals surface area contributed by atoms with Crippen LogP contribution in [0.1, 0.15) is 72.9 Å². The summed E-state index contributed by atoms with van der Waals surface area (Å²) < 4.78 is 7.41. The minimum Gasteiger partial charge on any atom is -0.381 e. The molecule has 1 N–H and O–H groups in total. The summed E-state index contributed by atoms with van der Waals surface area (Å²) >= 11 is 1.83. The van der Waals surface area contributed by atoms with Crippen LogP contribution in [-0.2, 0) is 4.74 Å². The number of aryl methyl sites for hydroxylation is 1. The summed E-state index contributed by atoms with van der Waals surface area (Å²) in [4.78, 5) is 13.4. The zero-order chi connectivity index (χ0) is 24.8. The Bertz CT molecular complexity index is 1360. The smallest absolute Gasteiger partial charge is 0.158 e. The van der Waals surface area contributed by atoms with Crippen LogP contribution in [0.15, 0.2) is 18.7 Å². The van der Waals surface area contributed by atoms with Gasteiger partial charge in [-0.15, -0.1) is 11.3 Å². The predicted molar refractivity (Wildman–Crippen MR) is 143 cm³/mol. The van der Waals surface area contributed by atoms with Gasteiger partial charge >= 0.3 is 0 Å². The normalized spacial score (nSPS) is 18.6. The number of pyridine rings is 1. The number of nitrogens with one attached hydrogen (secondary N) is 1. The third-order valence-electron chi connectivity index (χ3n) is 8.14. The van der Waals surface area contributed by atoms with E-state index in [-0.39, 0.29) is 0 Å². The van der Waals surface area contributed by atoms with Gasteiger partial charge in [0.25, 0.3) is 0 Å². The Balaban J connectivity index is 1.27. The highest BCUT2D eigenvalue weighted by molar-refractivity contribution is 7.15. The Morgan fingerprint density at radius 1 is 1.06 bits per heavy atom. The van der Waals surface area contributed by atoms with Crippen molar-refractivity contribution in [1.29, 1.82) is 0 Å². The Hall–Kier alpha value is -2.62. The maximum atomic E-state index is 5.56. The molecule has 0 radical (unpaired) electrons. The van der Waals surface area contributed by atoms with Crippen molar-refractivity contribution in [3.05, 3.63) is 40.3 Å². The van der Waals surface area contributed by atoms with Gasteiger partial charge in [-0.2, -0.15) is 10.2 Å². The number of rotatable bonds is 5. The van der Waals surface area contributed by atoms with E-state index < -0.39 is 0 Å². The van der Waals surface area contributed by atoms with Gasteiger partial charge in [0.15, 0.2) is 5.65 Å². The van der Waals surface area contributed by atoms with Crippen LogP contribution < -0.4 is 0 Å². The second kappa shape index (κ2) is 9.68. The Morgan fingerprint density at radius 2 is 1.83 bits per heavy atom. The number of thiazole rings is 1. The molecular formula is C27H35N7OS. The van der Waals surface area contributed by atoms with Gasteiger partial charge < -0.3 is 9.64 Å². The Morgan fingerprint density at radius 3 is 2.58 bits per heavy atom. The molecule has 36 heavy (non-hydrogen) atoms. The lowest BCUT2D eigenvalue weighted by Gasteiger charge is -2.39. The second-order valence-electron chi connectivity index (χ2n) is 10.6. The van der Waals surface area contributed by atoms with Crippen molar-refractivity contribution in [1.82, 2.24) is 34.7 Å². The summed E-state index contributed by atoms with van der Waals surface area (Å²) in [5, 5.41) is 13.6. The number of aromatic nitrogens is 6. The van der Waals surface area contributed by atoms with E-state index in [2.05, 4.69) is 60.2 Å². The molecule has 0 bridgehead atoms. The lowest BCUT2D eigenvalue weighted by molar-refractivity contribution is 0.0253. The monoisotopic (exact) mass is 505 g/mol. The van der Waals surface area contributed by atoms with Crippen LogP contribution in [0.25, 0.3) is 27.6 Å². The van der Waals surface area contributed by atoms with Gasteiger partial charge in [0.05, 0.1) is 11.4 Å². The number of fused-ring (bicyclic) bond motifs is 1. The highest BCUT2D eigenvalue weighted by Gasteiger charge is 2.29. The molecule has 6 heterocycles. The van der Waals surface area contributed by atoms with Crippen molar-refractivity contribution < 1.29 is 4.74 Å². The number of hydrogen-bond acceptors (Lipinski definition) is 7. The van der Waals surface area contributed by atoms with Crippen LogP contribution in [0.4, 0.5) is 0 Å². The minimum absolute atomic E-state index is 0.301. The van der Waals surface area contributed by atoms with Gasteiger partial charge in [-0.1, -0.05) is 13.8 Å². The van der Waals surface area contributed by atoms with Crippen LogP contribution >= 0.6 is 11.3 Å². The van der Waals surface area contributed by atoms with Gasteiger partial charge in [-0.05, 0) is 75.6 Å². The van der Waals surface area contributed by atoms with Crippen molar-refractivity contribution in [3.8, 4) is 22.0 Å². The molecule has 4 aromatic rings. The number of aromatic amines is 1. The van der Waals surface area contributed by atoms with Crippen LogP contribution in [-0.4, -0.2) is 67.0 Å². The topological polar surface area (TPSA) is 84.2 Å². The average Bonchev–Trinajstić information content (AvgIpc) is 3.66. The summed E-state index contributed by atoms with van der Waals surface area (Å²) in [6.45, 7) is 12.9. The summed E-state index contributed by atoms with van der Waals surface area (Å²) in [6.07, 6.45) is 10.5. The van der Waals surface area contributed by atoms with E-state index in [0.29, 0.717) is 17.9 Å². The molecule has 0 atom stereocenters. The van der Waals surface area contributed by atoms with Crippen LogP contribution in [0, 0.1) is 13.8 Å². The summed E-state index contributed by atoms with van der Waals surface area (Å²) in [5.41, 5.74) is 7.55. The number of likely N-dealkylation sites (tertiary alicyclic amines) is 1. The van der Waals surface area contributed by atoms with Crippen LogP contribution in [0.2, 0.25) is 0 Å². The fourth-order valence-electron chi connectivity index (χ4n) is 5.91. The molecule has 0 unspecified atom stereocenters. The lowest BCUT2D eigenvalue weighted by atomic mass is 9.93. The maximum Gasteiger partial charge on any atom is 0.158 e. The molecule has 0 saturated carbocycles. The largest absolute Gasteiger partial charge is 0.381 e. The van der Waals surface area contributed by atoms with Gasteiger partial charge in [0, 0.05) is 47.7 Å². The van der Waals surface area contributed by atoms with E-state index in [1.807, 2.05) is 15.9 Å². The number of piperidine rings is 1. The van der Waals surface area contributed by atoms with Crippen molar-refractivity contribution in [3.63, 3.8) is 0 Å². The van der Waals surface area contributed by atoms with Crippen LogP contribution in [0.3, 0.4) is 0 Å². The fourth-order valence-corrected chi connectivity index (χ4v) is 7.01. The van der Waals surface area contributed by atoms with Crippen molar-refractivity contribution in [2.24, 2.45) is 0 Å². The molecule has 2 aliphatic heterocycles. The first-order valence-electron chi connectivity index (χ1n) is 13.2. The molecule has 0 amide bonds. The van der Waals surface area contributed by atoms with Crippen LogP contribution in [0.5, 0.6) is 0 Å². The van der Waals surface area contributed by atoms with E-state index in [1.165, 1.54) is 54.8 Å². The van der Waals surface area contributed by atoms with E-state index in [0.717, 1.165) is 46.4 Å². The lowest BCUT2D eigenvalue weighted by Crippen LogP contribution is -2.43. The summed E-state index contributed by atoms with van der Waals surface area (Å²) in [5.74, 6) is 0.895. The predicted octanol–water partition coefficient (Wildman–Crippen LogP) is 5.34. The summed E-state index contributed by atoms with van der Waals surface area (Å²) in [6, 6.07) is 0.706. The van der Waals surface area contributed by atoms with E-state index in [9.17, 15) is 0 Å². The third-order valence-corrected chi connectivity index (χ3v) is 9.32. The van der Waals surface area contributed by atoms with Gasteiger partial charge in [0.2, 0.25) is 0 Å². The molecule has 0 aliphatic carbocycles. The highest BCUT2D eigenvalue weighted by atomic mass is 32.1. The van der Waals surface area contributed by atoms with Gasteiger partial charge in [-0.25, -0.2) is 14.5 Å². The molecule has 9 heteroatoms. The first kappa shape index (κ1) is 23.8. The Kier molecular flexibility index (Phi) is 6.39. The number of hydrogen-bond donors (Lipinski definition) is 1. The average molecular weight is 506 g/mol. The highest BCUT2D eigenvalue weighted by Crippen LogP contribution is 2.41. The first-order valence-corrected chi connectivity index (χ1v) is 14.0. The van der Waals surface area contributed by atoms with E-state index in [4.69, 9.17) is 14.8 Å². The molecule has 2 fully saturated rings. The number of ether oxygens (including phenoxy) is 1. The molecule has 2 aliphatic rings. The SMILES string of the molecule is Cc1c(-c2n[nH]c(-c3ncc(C4CCN(C5CCOCC5)CC4)s3)c2C(C)C)cn2ncnc2c1C. The zero-order valence-corrected chi connectivity index (χ0v) is 22.4. The minimum atomic E-state index is 0.301. The molecule has 4 aromatic heterocycles. The third kappa shape index (κ3) is 4.17. The zero-order valence-electron chi connectivity index (χ0n) is 21.6. The number of nitrogens with zero attached hydrogens (tertiary/aromatic N) is 6. The molecule has 0 spiro atoms. The standard InChI is InChI=1S/C27H35N7OS/c1-16(2)23-24(21-14-34-26(29-15-30-34)18(4)17(21)3)31-32-25(23)27-28-13-22(36-27)19-5-9-33(10-6-19)20-7-11-35-12-8-20/h13-16,19-20H,5-12H2,1-4H3,(H,31,32). The fraction of sp³-hybridized carbons (Fsp3) is 0.556. The van der Waals surface area contributed by atoms with Crippen molar-refractivity contribution in [2.45, 2.75) is 71.3 Å². The molecule has 6 rings (SSSR count).